The van der Waals surface area contributed by atoms with E-state index in [2.05, 4.69) is 15.5 Å². The predicted molar refractivity (Wildman–Crippen MR) is 106 cm³/mol. The van der Waals surface area contributed by atoms with Gasteiger partial charge >= 0.3 is 0 Å². The lowest BCUT2D eigenvalue weighted by molar-refractivity contribution is -0.119. The highest BCUT2D eigenvalue weighted by Crippen LogP contribution is 2.37. The fourth-order valence-corrected chi connectivity index (χ4v) is 4.11. The zero-order valence-electron chi connectivity index (χ0n) is 16.6. The van der Waals surface area contributed by atoms with Crippen LogP contribution in [0.2, 0.25) is 0 Å². The molecule has 1 aliphatic carbocycles. The Bertz CT molecular complexity index is 1080. The van der Waals surface area contributed by atoms with E-state index in [0.29, 0.717) is 35.7 Å². The van der Waals surface area contributed by atoms with Crippen molar-refractivity contribution in [2.45, 2.75) is 44.8 Å². The fraction of sp³-hybridized carbons (Fsp3) is 0.476. The van der Waals surface area contributed by atoms with E-state index < -0.39 is 5.95 Å². The molecule has 3 heterocycles. The number of halogens is 1. The van der Waals surface area contributed by atoms with Crippen LogP contribution in [0.25, 0.3) is 22.0 Å². The Hall–Kier alpha value is -2.90. The molecular formula is C21H24FN5O2. The van der Waals surface area contributed by atoms with Crippen molar-refractivity contribution in [2.75, 3.05) is 6.54 Å². The Morgan fingerprint density at radius 3 is 2.83 bits per heavy atom. The monoisotopic (exact) mass is 397 g/mol. The van der Waals surface area contributed by atoms with Gasteiger partial charge in [-0.25, -0.2) is 4.68 Å². The number of rotatable bonds is 5. The molecule has 2 aromatic heterocycles. The third kappa shape index (κ3) is 3.16. The molecule has 3 aromatic rings. The van der Waals surface area contributed by atoms with E-state index in [1.165, 1.54) is 11.1 Å². The van der Waals surface area contributed by atoms with Gasteiger partial charge in [0.15, 0.2) is 0 Å². The number of hydrogen-bond acceptors (Lipinski definition) is 4. The highest BCUT2D eigenvalue weighted by atomic mass is 19.1. The molecule has 152 valence electrons. The van der Waals surface area contributed by atoms with Gasteiger partial charge in [0.2, 0.25) is 11.9 Å². The van der Waals surface area contributed by atoms with E-state index in [-0.39, 0.29) is 17.9 Å². The van der Waals surface area contributed by atoms with E-state index in [9.17, 15) is 9.18 Å². The maximum atomic E-state index is 14.7. The lowest BCUT2D eigenvalue weighted by Gasteiger charge is -2.25. The number of aryl methyl sites for hydroxylation is 1. The number of nitrogens with zero attached hydrogens (tertiary/aromatic N) is 4. The molecule has 2 aliphatic rings. The Kier molecular flexibility index (Phi) is 4.29. The van der Waals surface area contributed by atoms with Gasteiger partial charge in [0.05, 0.1) is 23.1 Å². The van der Waals surface area contributed by atoms with Crippen LogP contribution in [0.5, 0.6) is 5.75 Å². The van der Waals surface area contributed by atoms with E-state index in [4.69, 9.17) is 4.74 Å². The van der Waals surface area contributed by atoms with E-state index in [0.717, 1.165) is 24.0 Å². The maximum absolute atomic E-state index is 14.7. The summed E-state index contributed by atoms with van der Waals surface area (Å²) < 4.78 is 24.2. The van der Waals surface area contributed by atoms with E-state index >= 15 is 0 Å². The number of hydrogen-bond donors (Lipinski definition) is 1. The predicted octanol–water partition coefficient (Wildman–Crippen LogP) is 3.20. The lowest BCUT2D eigenvalue weighted by atomic mass is 9.93. The van der Waals surface area contributed by atoms with Crippen molar-refractivity contribution in [2.24, 2.45) is 13.0 Å². The van der Waals surface area contributed by atoms with Gasteiger partial charge < -0.3 is 10.1 Å². The van der Waals surface area contributed by atoms with Crippen molar-refractivity contribution in [3.63, 3.8) is 0 Å². The molecule has 2 unspecified atom stereocenters. The number of amides is 1. The highest BCUT2D eigenvalue weighted by molar-refractivity contribution is 5.90. The van der Waals surface area contributed by atoms with Gasteiger partial charge in [-0.2, -0.15) is 14.6 Å². The molecule has 7 nitrogen and oxygen atoms in total. The van der Waals surface area contributed by atoms with Gasteiger partial charge in [0.25, 0.3) is 0 Å². The standard InChI is InChI=1S/C21H24FN5O2/c1-12(14-8-19(28)23-9-14)29-18-7-13(6-17-20(18)21(22)26(2)25-17)15-10-24-27(11-15)16-4-3-5-16/h6-7,10-12,14,16H,3-5,8-9H2,1-2H3,(H,23,28). The van der Waals surface area contributed by atoms with E-state index in [1.54, 1.807) is 7.05 Å². The normalized spacial score (nSPS) is 20.7. The molecule has 8 heteroatoms. The van der Waals surface area contributed by atoms with Crippen LogP contribution in [0.1, 0.15) is 38.6 Å². The number of ether oxygens (including phenoxy) is 1. The van der Waals surface area contributed by atoms with Crippen LogP contribution >= 0.6 is 0 Å². The molecule has 0 radical (unpaired) electrons. The number of fused-ring (bicyclic) bond motifs is 1. The quantitative estimate of drug-likeness (QED) is 0.718. The Morgan fingerprint density at radius 2 is 2.14 bits per heavy atom. The number of carbonyl (C=O) groups excluding carboxylic acids is 1. The molecule has 2 fully saturated rings. The highest BCUT2D eigenvalue weighted by Gasteiger charge is 2.29. The second-order valence-corrected chi connectivity index (χ2v) is 8.17. The first-order chi connectivity index (χ1) is 14.0. The van der Waals surface area contributed by atoms with E-state index in [1.807, 2.05) is 36.1 Å². The molecule has 1 aromatic carbocycles. The van der Waals surface area contributed by atoms with Crippen molar-refractivity contribution in [1.82, 2.24) is 24.9 Å². The Balaban J connectivity index is 1.52. The molecular weight excluding hydrogens is 373 g/mol. The van der Waals surface area contributed by atoms with Crippen LogP contribution in [-0.2, 0) is 11.8 Å². The molecule has 29 heavy (non-hydrogen) atoms. The third-order valence-corrected chi connectivity index (χ3v) is 6.20. The third-order valence-electron chi connectivity index (χ3n) is 6.20. The summed E-state index contributed by atoms with van der Waals surface area (Å²) in [7, 11) is 1.58. The first kappa shape index (κ1) is 18.1. The smallest absolute Gasteiger partial charge is 0.222 e. The van der Waals surface area contributed by atoms with Crippen LogP contribution in [0.15, 0.2) is 24.5 Å². The summed E-state index contributed by atoms with van der Waals surface area (Å²) in [5.74, 6) is 0.105. The van der Waals surface area contributed by atoms with Crippen molar-refractivity contribution in [1.29, 1.82) is 0 Å². The summed E-state index contributed by atoms with van der Waals surface area (Å²) in [5.41, 5.74) is 2.39. The van der Waals surface area contributed by atoms with Gasteiger partial charge in [0, 0.05) is 37.7 Å². The minimum Gasteiger partial charge on any atom is -0.489 e. The lowest BCUT2D eigenvalue weighted by Crippen LogP contribution is -2.25. The van der Waals surface area contributed by atoms with Gasteiger partial charge in [-0.15, -0.1) is 0 Å². The fourth-order valence-electron chi connectivity index (χ4n) is 4.11. The zero-order chi connectivity index (χ0) is 20.1. The van der Waals surface area contributed by atoms with Crippen molar-refractivity contribution >= 4 is 16.8 Å². The molecule has 1 saturated heterocycles. The van der Waals surface area contributed by atoms with Crippen LogP contribution in [0, 0.1) is 11.9 Å². The van der Waals surface area contributed by atoms with Gasteiger partial charge in [-0.05, 0) is 43.9 Å². The topological polar surface area (TPSA) is 74.0 Å². The van der Waals surface area contributed by atoms with Crippen molar-refractivity contribution in [3.8, 4) is 16.9 Å². The largest absolute Gasteiger partial charge is 0.489 e. The molecule has 5 rings (SSSR count). The first-order valence-electron chi connectivity index (χ1n) is 10.1. The average molecular weight is 397 g/mol. The number of carbonyl (C=O) groups is 1. The second kappa shape index (κ2) is 6.86. The molecule has 0 spiro atoms. The summed E-state index contributed by atoms with van der Waals surface area (Å²) in [6.45, 7) is 2.50. The Morgan fingerprint density at radius 1 is 1.31 bits per heavy atom. The van der Waals surface area contributed by atoms with Crippen LogP contribution in [-0.4, -0.2) is 38.1 Å². The number of aromatic nitrogens is 4. The minimum atomic E-state index is -0.431. The van der Waals surface area contributed by atoms with Crippen LogP contribution < -0.4 is 10.1 Å². The minimum absolute atomic E-state index is 0.0281. The molecule has 0 bridgehead atoms. The number of nitrogens with one attached hydrogen (secondary N) is 1. The second-order valence-electron chi connectivity index (χ2n) is 8.17. The SMILES string of the molecule is CC(Oc1cc(-c2cnn(C3CCC3)c2)cc2nn(C)c(F)c12)C1CNC(=O)C1. The molecule has 1 aliphatic heterocycles. The molecule has 1 N–H and O–H groups in total. The molecule has 1 amide bonds. The summed E-state index contributed by atoms with van der Waals surface area (Å²) in [6.07, 6.45) is 7.63. The zero-order valence-corrected chi connectivity index (χ0v) is 16.6. The van der Waals surface area contributed by atoms with Crippen LogP contribution in [0.4, 0.5) is 4.39 Å². The molecule has 2 atom stereocenters. The maximum Gasteiger partial charge on any atom is 0.222 e. The van der Waals surface area contributed by atoms with Crippen molar-refractivity contribution < 1.29 is 13.9 Å². The first-order valence-corrected chi connectivity index (χ1v) is 10.1. The van der Waals surface area contributed by atoms with Crippen molar-refractivity contribution in [3.05, 3.63) is 30.5 Å². The Labute approximate surface area is 167 Å². The summed E-state index contributed by atoms with van der Waals surface area (Å²) in [5, 5.41) is 12.0. The summed E-state index contributed by atoms with van der Waals surface area (Å²) >= 11 is 0. The molecule has 1 saturated carbocycles. The van der Waals surface area contributed by atoms with Gasteiger partial charge in [-0.3, -0.25) is 9.48 Å². The number of benzene rings is 1. The summed E-state index contributed by atoms with van der Waals surface area (Å²) in [4.78, 5) is 11.6. The summed E-state index contributed by atoms with van der Waals surface area (Å²) in [6, 6.07) is 4.21. The average Bonchev–Trinajstić information content (AvgIpc) is 3.34. The van der Waals surface area contributed by atoms with Gasteiger partial charge in [0.1, 0.15) is 11.9 Å². The van der Waals surface area contributed by atoms with Gasteiger partial charge in [-0.1, -0.05) is 0 Å². The van der Waals surface area contributed by atoms with Crippen LogP contribution in [0.3, 0.4) is 0 Å².